The highest BCUT2D eigenvalue weighted by Gasteiger charge is 2.32. The van der Waals surface area contributed by atoms with Gasteiger partial charge in [-0.3, -0.25) is 28.8 Å². The number of primary amides is 1. The number of ketones is 2. The minimum Gasteiger partial charge on any atom is -0.490 e. The molecule has 0 unspecified atom stereocenters. The van der Waals surface area contributed by atoms with E-state index in [0.717, 1.165) is 5.56 Å². The van der Waals surface area contributed by atoms with Crippen molar-refractivity contribution >= 4 is 35.2 Å². The molecule has 0 bridgehead atoms. The fraction of sp³-hybridized carbons (Fsp3) is 0.250. The average Bonchev–Trinajstić information content (AvgIpc) is 3.11. The maximum atomic E-state index is 13.7. The lowest BCUT2D eigenvalue weighted by atomic mass is 9.83. The summed E-state index contributed by atoms with van der Waals surface area (Å²) >= 11 is 0. The molecular weight excluding hydrogens is 664 g/mol. The van der Waals surface area contributed by atoms with E-state index in [0.29, 0.717) is 0 Å². The number of nitrogens with two attached hydrogens (primary N) is 1. The number of para-hydroxylation sites is 1. The molecule has 0 heterocycles. The molecule has 5 rings (SSSR count). The highest BCUT2D eigenvalue weighted by atomic mass is 16.5. The summed E-state index contributed by atoms with van der Waals surface area (Å²) < 4.78 is 5.91. The second-order valence-corrected chi connectivity index (χ2v) is 13.5. The molecule has 0 spiro atoms. The van der Waals surface area contributed by atoms with Gasteiger partial charge in [0, 0.05) is 33.4 Å². The minimum atomic E-state index is -1.47. The van der Waals surface area contributed by atoms with Crippen molar-refractivity contribution in [2.24, 2.45) is 5.73 Å². The molecule has 0 saturated carbocycles. The van der Waals surface area contributed by atoms with Gasteiger partial charge in [0.1, 0.15) is 24.5 Å². The van der Waals surface area contributed by atoms with E-state index in [1.54, 1.807) is 54.6 Å². The summed E-state index contributed by atoms with van der Waals surface area (Å²) in [6.45, 7) is 5.21. The first-order valence-corrected chi connectivity index (χ1v) is 16.7. The van der Waals surface area contributed by atoms with Crippen LogP contribution in [0.5, 0.6) is 5.75 Å². The molecule has 0 saturated heterocycles. The van der Waals surface area contributed by atoms with Crippen molar-refractivity contribution in [3.8, 4) is 5.75 Å². The number of fused-ring (bicyclic) bond motifs is 2. The normalized spacial score (nSPS) is 13.8. The van der Waals surface area contributed by atoms with Gasteiger partial charge in [0.2, 0.25) is 11.8 Å². The van der Waals surface area contributed by atoms with Crippen LogP contribution in [-0.2, 0) is 16.0 Å². The molecule has 4 amide bonds. The number of aliphatic hydroxyl groups is 1. The van der Waals surface area contributed by atoms with Gasteiger partial charge in [-0.2, -0.15) is 0 Å². The van der Waals surface area contributed by atoms with E-state index in [4.69, 9.17) is 10.5 Å². The second-order valence-electron chi connectivity index (χ2n) is 13.5. The van der Waals surface area contributed by atoms with Crippen molar-refractivity contribution in [1.82, 2.24) is 16.0 Å². The average molecular weight is 705 g/mol. The standard InChI is InChI=1S/C40H40N4O8/c1-40(2,3)44-38(50)28-15-9-10-16-33(28)52-22-32(45)30(19-23-11-5-4-6-12-23)42-39(51)31(21-34(41)46)43-37(49)24-17-18-27-29(20-24)36(48)26-14-8-7-13-25(26)35(27)47/h4-18,20,30-32,45H,19,21-22H2,1-3H3,(H2,41,46)(H,42,51)(H,43,49)(H,44,50)/t30-,31-,32+/m0/s1. The second kappa shape index (κ2) is 15.8. The summed E-state index contributed by atoms with van der Waals surface area (Å²) in [5.41, 5.74) is 6.62. The van der Waals surface area contributed by atoms with Gasteiger partial charge in [-0.15, -0.1) is 0 Å². The van der Waals surface area contributed by atoms with Crippen molar-refractivity contribution in [1.29, 1.82) is 0 Å². The van der Waals surface area contributed by atoms with Crippen LogP contribution in [0.2, 0.25) is 0 Å². The van der Waals surface area contributed by atoms with Gasteiger partial charge in [-0.25, -0.2) is 0 Å². The van der Waals surface area contributed by atoms with E-state index in [-0.39, 0.29) is 63.8 Å². The predicted molar refractivity (Wildman–Crippen MR) is 192 cm³/mol. The number of carbonyl (C=O) groups is 6. The van der Waals surface area contributed by atoms with Gasteiger partial charge in [0.25, 0.3) is 11.8 Å². The Kier molecular flexibility index (Phi) is 11.3. The Morgan fingerprint density at radius 2 is 1.35 bits per heavy atom. The van der Waals surface area contributed by atoms with Crippen LogP contribution in [0.4, 0.5) is 0 Å². The van der Waals surface area contributed by atoms with Crippen molar-refractivity contribution in [3.05, 3.63) is 136 Å². The third-order valence-electron chi connectivity index (χ3n) is 8.33. The molecule has 6 N–H and O–H groups in total. The van der Waals surface area contributed by atoms with E-state index < -0.39 is 53.7 Å². The van der Waals surface area contributed by atoms with Crippen LogP contribution in [0.25, 0.3) is 0 Å². The topological polar surface area (TPSA) is 194 Å². The van der Waals surface area contributed by atoms with Crippen molar-refractivity contribution in [3.63, 3.8) is 0 Å². The lowest BCUT2D eigenvalue weighted by Crippen LogP contribution is -2.55. The third-order valence-corrected chi connectivity index (χ3v) is 8.33. The number of hydrogen-bond donors (Lipinski definition) is 5. The van der Waals surface area contributed by atoms with Crippen molar-refractivity contribution < 1.29 is 38.6 Å². The lowest BCUT2D eigenvalue weighted by molar-refractivity contribution is -0.128. The molecule has 52 heavy (non-hydrogen) atoms. The van der Waals surface area contributed by atoms with E-state index in [1.165, 1.54) is 24.3 Å². The maximum absolute atomic E-state index is 13.7. The SMILES string of the molecule is CC(C)(C)NC(=O)c1ccccc1OC[C@@H](O)[C@H](Cc1ccccc1)NC(=O)[C@H](CC(N)=O)NC(=O)c1ccc2c(c1)C(=O)c1ccccc1C2=O. The number of aliphatic hydroxyl groups excluding tert-OH is 1. The van der Waals surface area contributed by atoms with Crippen LogP contribution in [-0.4, -0.2) is 70.6 Å². The Morgan fingerprint density at radius 3 is 2.00 bits per heavy atom. The van der Waals surface area contributed by atoms with Crippen LogP contribution in [0, 0.1) is 0 Å². The van der Waals surface area contributed by atoms with Gasteiger partial charge in [-0.1, -0.05) is 66.7 Å². The number of amides is 4. The molecule has 4 aromatic carbocycles. The first kappa shape index (κ1) is 37.1. The Morgan fingerprint density at radius 1 is 0.750 bits per heavy atom. The van der Waals surface area contributed by atoms with E-state index in [9.17, 15) is 33.9 Å². The molecule has 268 valence electrons. The summed E-state index contributed by atoms with van der Waals surface area (Å²) in [6.07, 6.45) is -1.75. The van der Waals surface area contributed by atoms with E-state index in [2.05, 4.69) is 16.0 Å². The molecule has 12 nitrogen and oxygen atoms in total. The molecule has 1 aliphatic carbocycles. The Balaban J connectivity index is 1.34. The van der Waals surface area contributed by atoms with Crippen LogP contribution in [0.15, 0.2) is 97.1 Å². The summed E-state index contributed by atoms with van der Waals surface area (Å²) in [5, 5.41) is 19.5. The molecule has 0 aromatic heterocycles. The highest BCUT2D eigenvalue weighted by molar-refractivity contribution is 6.28. The number of rotatable bonds is 13. The molecule has 4 aromatic rings. The van der Waals surface area contributed by atoms with E-state index >= 15 is 0 Å². The molecule has 1 aliphatic rings. The van der Waals surface area contributed by atoms with Crippen molar-refractivity contribution in [2.75, 3.05) is 6.61 Å². The van der Waals surface area contributed by atoms with Crippen LogP contribution in [0.1, 0.15) is 85.3 Å². The Bertz CT molecular complexity index is 2020. The van der Waals surface area contributed by atoms with Gasteiger partial charge in [0.05, 0.1) is 18.0 Å². The fourth-order valence-electron chi connectivity index (χ4n) is 5.81. The summed E-state index contributed by atoms with van der Waals surface area (Å²) in [4.78, 5) is 78.5. The zero-order valence-corrected chi connectivity index (χ0v) is 29.0. The monoisotopic (exact) mass is 704 g/mol. The van der Waals surface area contributed by atoms with Gasteiger partial charge < -0.3 is 31.5 Å². The summed E-state index contributed by atoms with van der Waals surface area (Å²) in [7, 11) is 0. The largest absolute Gasteiger partial charge is 0.490 e. The van der Waals surface area contributed by atoms with Gasteiger partial charge in [-0.05, 0) is 63.1 Å². The van der Waals surface area contributed by atoms with Gasteiger partial charge in [0.15, 0.2) is 11.6 Å². The zero-order chi connectivity index (χ0) is 37.6. The third kappa shape index (κ3) is 8.95. The number of benzene rings is 4. The first-order valence-electron chi connectivity index (χ1n) is 16.7. The molecule has 0 aliphatic heterocycles. The number of nitrogens with one attached hydrogen (secondary N) is 3. The van der Waals surface area contributed by atoms with Crippen molar-refractivity contribution in [2.45, 2.75) is 57.3 Å². The Hall–Kier alpha value is -6.14. The summed E-state index contributed by atoms with van der Waals surface area (Å²) in [6, 6.07) is 23.5. The van der Waals surface area contributed by atoms with Crippen LogP contribution in [0.3, 0.4) is 0 Å². The number of carbonyl (C=O) groups excluding carboxylic acids is 6. The van der Waals surface area contributed by atoms with Gasteiger partial charge >= 0.3 is 0 Å². The smallest absolute Gasteiger partial charge is 0.255 e. The molecule has 0 fully saturated rings. The first-order chi connectivity index (χ1) is 24.7. The maximum Gasteiger partial charge on any atom is 0.255 e. The molecule has 12 heteroatoms. The minimum absolute atomic E-state index is 0.0232. The zero-order valence-electron chi connectivity index (χ0n) is 29.0. The highest BCUT2D eigenvalue weighted by Crippen LogP contribution is 2.28. The molecular formula is C40H40N4O8. The Labute approximate surface area is 300 Å². The van der Waals surface area contributed by atoms with Crippen LogP contribution >= 0.6 is 0 Å². The number of hydrogen-bond acceptors (Lipinski definition) is 8. The van der Waals surface area contributed by atoms with Crippen LogP contribution < -0.4 is 26.4 Å². The fourth-order valence-corrected chi connectivity index (χ4v) is 5.81. The van der Waals surface area contributed by atoms with E-state index in [1.807, 2.05) is 39.0 Å². The number of ether oxygens (including phenoxy) is 1. The quantitative estimate of drug-likeness (QED) is 0.123. The lowest BCUT2D eigenvalue weighted by Gasteiger charge is -2.27. The summed E-state index contributed by atoms with van der Waals surface area (Å²) in [5.74, 6) is -3.41. The molecule has 3 atom stereocenters. The molecule has 0 radical (unpaired) electrons. The predicted octanol–water partition coefficient (Wildman–Crippen LogP) is 3.13.